The molecule has 1 aliphatic heterocycles. The second-order valence-corrected chi connectivity index (χ2v) is 7.55. The normalized spacial score (nSPS) is 16.9. The Morgan fingerprint density at radius 1 is 1.36 bits per heavy atom. The van der Waals surface area contributed by atoms with Gasteiger partial charge in [0.25, 0.3) is 0 Å². The summed E-state index contributed by atoms with van der Waals surface area (Å²) >= 11 is 17.2. The van der Waals surface area contributed by atoms with Gasteiger partial charge in [-0.25, -0.2) is 0 Å². The first kappa shape index (κ1) is 18.3. The second kappa shape index (κ2) is 8.25. The van der Waals surface area contributed by atoms with Gasteiger partial charge in [-0.05, 0) is 37.5 Å². The topological polar surface area (TPSA) is 41.3 Å². The van der Waals surface area contributed by atoms with Crippen molar-refractivity contribution in [2.24, 2.45) is 0 Å². The molecule has 0 radical (unpaired) electrons. The molecule has 25 heavy (non-hydrogen) atoms. The predicted octanol–water partition coefficient (Wildman–Crippen LogP) is 4.09. The van der Waals surface area contributed by atoms with Crippen LogP contribution in [0.4, 0.5) is 0 Å². The van der Waals surface area contributed by atoms with Gasteiger partial charge in [-0.2, -0.15) is 0 Å². The molecule has 0 amide bonds. The first-order valence-corrected chi connectivity index (χ1v) is 9.46. The van der Waals surface area contributed by atoms with E-state index in [1.54, 1.807) is 0 Å². The van der Waals surface area contributed by atoms with Crippen LogP contribution >= 0.6 is 36.0 Å². The molecule has 4 nitrogen and oxygen atoms in total. The maximum Gasteiger partial charge on any atom is 0.143 e. The van der Waals surface area contributed by atoms with E-state index in [1.165, 1.54) is 0 Å². The Bertz CT molecular complexity index is 760. The van der Waals surface area contributed by atoms with E-state index in [1.807, 2.05) is 37.3 Å². The van der Waals surface area contributed by atoms with E-state index in [0.29, 0.717) is 13.0 Å². The summed E-state index contributed by atoms with van der Waals surface area (Å²) in [5, 5.41) is 8.02. The number of rotatable bonds is 5. The van der Waals surface area contributed by atoms with Crippen LogP contribution in [0.2, 0.25) is 5.02 Å². The van der Waals surface area contributed by atoms with E-state index < -0.39 is 0 Å². The molecule has 2 aromatic rings. The molecule has 1 unspecified atom stereocenters. The number of aromatic nitrogens is 1. The van der Waals surface area contributed by atoms with Crippen LogP contribution < -0.4 is 5.32 Å². The number of hydrogen-bond acceptors (Lipinski definition) is 4. The van der Waals surface area contributed by atoms with Crippen molar-refractivity contribution in [1.29, 1.82) is 0 Å². The summed E-state index contributed by atoms with van der Waals surface area (Å²) in [4.78, 5) is 3.91. The maximum atomic E-state index is 5.92. The molecule has 1 aromatic heterocycles. The number of nitrogens with one attached hydrogen (secondary N) is 1. The third kappa shape index (κ3) is 4.77. The van der Waals surface area contributed by atoms with Crippen LogP contribution in [-0.4, -0.2) is 32.6 Å². The largest absolute Gasteiger partial charge is 0.374 e. The highest BCUT2D eigenvalue weighted by Gasteiger charge is 2.30. The first-order valence-electron chi connectivity index (χ1n) is 8.27. The van der Waals surface area contributed by atoms with Crippen molar-refractivity contribution in [3.63, 3.8) is 0 Å². The van der Waals surface area contributed by atoms with Crippen molar-refractivity contribution >= 4 is 46.0 Å². The van der Waals surface area contributed by atoms with E-state index in [9.17, 15) is 0 Å². The van der Waals surface area contributed by atoms with Crippen LogP contribution in [0, 0.1) is 6.92 Å². The standard InChI is InChI=1S/C18H20ClN3OS2/c1-12-9-15(23-21-12)10-17(24)22-8-2-3-16(22)18(25)20-11-13-4-6-14(19)7-5-13/h4-7,9,16H,2-3,8,10-11H2,1H3,(H,20,25). The van der Waals surface area contributed by atoms with E-state index in [-0.39, 0.29) is 6.04 Å². The van der Waals surface area contributed by atoms with E-state index in [2.05, 4.69) is 15.4 Å². The Morgan fingerprint density at radius 3 is 2.80 bits per heavy atom. The molecule has 0 spiro atoms. The highest BCUT2D eigenvalue weighted by molar-refractivity contribution is 7.80. The summed E-state index contributed by atoms with van der Waals surface area (Å²) in [7, 11) is 0. The van der Waals surface area contributed by atoms with Crippen molar-refractivity contribution in [1.82, 2.24) is 15.4 Å². The lowest BCUT2D eigenvalue weighted by Gasteiger charge is -2.28. The fraction of sp³-hybridized carbons (Fsp3) is 0.389. The fourth-order valence-corrected chi connectivity index (χ4v) is 3.80. The van der Waals surface area contributed by atoms with Crippen molar-refractivity contribution in [2.75, 3.05) is 6.54 Å². The lowest BCUT2D eigenvalue weighted by Crippen LogP contribution is -2.44. The van der Waals surface area contributed by atoms with Gasteiger partial charge in [0.1, 0.15) is 5.76 Å². The van der Waals surface area contributed by atoms with Crippen LogP contribution in [-0.2, 0) is 13.0 Å². The highest BCUT2D eigenvalue weighted by atomic mass is 35.5. The molecular formula is C18H20ClN3OS2. The SMILES string of the molecule is Cc1cc(CC(=S)N2CCCC2C(=S)NCc2ccc(Cl)cc2)on1. The monoisotopic (exact) mass is 393 g/mol. The number of halogens is 1. The Morgan fingerprint density at radius 2 is 2.12 bits per heavy atom. The van der Waals surface area contributed by atoms with Crippen molar-refractivity contribution in [2.45, 2.75) is 38.8 Å². The number of aryl methyl sites for hydroxylation is 1. The number of likely N-dealkylation sites (tertiary alicyclic amines) is 1. The summed E-state index contributed by atoms with van der Waals surface area (Å²) in [5.41, 5.74) is 2.02. The lowest BCUT2D eigenvalue weighted by molar-refractivity contribution is 0.382. The highest BCUT2D eigenvalue weighted by Crippen LogP contribution is 2.21. The molecule has 7 heteroatoms. The summed E-state index contributed by atoms with van der Waals surface area (Å²) < 4.78 is 5.28. The Kier molecular flexibility index (Phi) is 6.04. The van der Waals surface area contributed by atoms with Crippen LogP contribution in [0.3, 0.4) is 0 Å². The lowest BCUT2D eigenvalue weighted by atomic mass is 10.2. The summed E-state index contributed by atoms with van der Waals surface area (Å²) in [6, 6.07) is 9.85. The third-order valence-corrected chi connectivity index (χ3v) is 5.31. The Labute approximate surface area is 163 Å². The van der Waals surface area contributed by atoms with Gasteiger partial charge in [-0.3, -0.25) is 0 Å². The third-order valence-electron chi connectivity index (χ3n) is 4.26. The smallest absolute Gasteiger partial charge is 0.143 e. The summed E-state index contributed by atoms with van der Waals surface area (Å²) in [5.74, 6) is 0.799. The number of benzene rings is 1. The molecule has 1 saturated heterocycles. The van der Waals surface area contributed by atoms with Gasteiger partial charge in [0, 0.05) is 24.2 Å². The quantitative estimate of drug-likeness (QED) is 0.771. The van der Waals surface area contributed by atoms with Crippen LogP contribution in [0.1, 0.15) is 29.9 Å². The summed E-state index contributed by atoms with van der Waals surface area (Å²) in [6.45, 7) is 3.53. The molecular weight excluding hydrogens is 374 g/mol. The molecule has 1 aliphatic rings. The van der Waals surface area contributed by atoms with Gasteiger partial charge in [0.15, 0.2) is 0 Å². The average molecular weight is 394 g/mol. The van der Waals surface area contributed by atoms with Gasteiger partial charge in [0.05, 0.1) is 28.1 Å². The molecule has 0 bridgehead atoms. The van der Waals surface area contributed by atoms with E-state index in [0.717, 1.165) is 51.4 Å². The number of hydrogen-bond donors (Lipinski definition) is 1. The van der Waals surface area contributed by atoms with Crippen molar-refractivity contribution in [3.8, 4) is 0 Å². The van der Waals surface area contributed by atoms with E-state index in [4.69, 9.17) is 40.6 Å². The molecule has 1 N–H and O–H groups in total. The molecule has 0 aliphatic carbocycles. The number of thiocarbonyl (C=S) groups is 2. The molecule has 1 fully saturated rings. The van der Waals surface area contributed by atoms with Gasteiger partial charge in [-0.15, -0.1) is 0 Å². The zero-order chi connectivity index (χ0) is 17.8. The minimum Gasteiger partial charge on any atom is -0.374 e. The minimum absolute atomic E-state index is 0.152. The van der Waals surface area contributed by atoms with Gasteiger partial charge < -0.3 is 14.7 Å². The molecule has 1 atom stereocenters. The maximum absolute atomic E-state index is 5.92. The molecule has 1 aromatic carbocycles. The van der Waals surface area contributed by atoms with Crippen molar-refractivity contribution < 1.29 is 4.52 Å². The van der Waals surface area contributed by atoms with Gasteiger partial charge in [-0.1, -0.05) is 53.3 Å². The Hall–Kier alpha value is -1.50. The van der Waals surface area contributed by atoms with E-state index >= 15 is 0 Å². The zero-order valence-corrected chi connectivity index (χ0v) is 16.4. The second-order valence-electron chi connectivity index (χ2n) is 6.20. The molecule has 2 heterocycles. The predicted molar refractivity (Wildman–Crippen MR) is 108 cm³/mol. The zero-order valence-electron chi connectivity index (χ0n) is 14.0. The number of nitrogens with zero attached hydrogens (tertiary/aromatic N) is 2. The van der Waals surface area contributed by atoms with Crippen LogP contribution in [0.15, 0.2) is 34.9 Å². The van der Waals surface area contributed by atoms with Gasteiger partial charge in [0.2, 0.25) is 0 Å². The molecule has 132 valence electrons. The fourth-order valence-electron chi connectivity index (χ4n) is 3.00. The minimum atomic E-state index is 0.152. The molecule has 0 saturated carbocycles. The average Bonchev–Trinajstić information content (AvgIpc) is 3.23. The molecule has 3 rings (SSSR count). The van der Waals surface area contributed by atoms with Crippen molar-refractivity contribution in [3.05, 3.63) is 52.4 Å². The van der Waals surface area contributed by atoms with Crippen LogP contribution in [0.5, 0.6) is 0 Å². The Balaban J connectivity index is 1.57. The van der Waals surface area contributed by atoms with Crippen LogP contribution in [0.25, 0.3) is 0 Å². The first-order chi connectivity index (χ1) is 12.0. The van der Waals surface area contributed by atoms with Gasteiger partial charge >= 0.3 is 0 Å². The summed E-state index contributed by atoms with van der Waals surface area (Å²) in [6.07, 6.45) is 2.69.